The zero-order chi connectivity index (χ0) is 11.7. The Kier molecular flexibility index (Phi) is 2.93. The van der Waals surface area contributed by atoms with E-state index in [0.29, 0.717) is 11.5 Å². The highest BCUT2D eigenvalue weighted by Crippen LogP contribution is 2.48. The fourth-order valence-corrected chi connectivity index (χ4v) is 3.02. The van der Waals surface area contributed by atoms with Gasteiger partial charge in [-0.3, -0.25) is 0 Å². The van der Waals surface area contributed by atoms with Crippen LogP contribution >= 0.6 is 0 Å². The van der Waals surface area contributed by atoms with E-state index in [9.17, 15) is 0 Å². The molecule has 1 saturated heterocycles. The van der Waals surface area contributed by atoms with Gasteiger partial charge in [-0.25, -0.2) is 0 Å². The number of benzene rings is 1. The molecule has 1 aromatic rings. The Bertz CT molecular complexity index is 370. The van der Waals surface area contributed by atoms with Crippen LogP contribution in [0.5, 0.6) is 0 Å². The minimum atomic E-state index is 0.381. The summed E-state index contributed by atoms with van der Waals surface area (Å²) in [5.74, 6) is 0. The lowest BCUT2D eigenvalue weighted by Crippen LogP contribution is -2.42. The Morgan fingerprint density at radius 2 is 1.88 bits per heavy atom. The van der Waals surface area contributed by atoms with Crippen LogP contribution in [0.2, 0.25) is 0 Å². The van der Waals surface area contributed by atoms with Crippen LogP contribution in [0.4, 0.5) is 0 Å². The third-order valence-electron chi connectivity index (χ3n) is 4.45. The first kappa shape index (κ1) is 11.2. The fourth-order valence-electron chi connectivity index (χ4n) is 3.02. The molecule has 17 heavy (non-hydrogen) atoms. The monoisotopic (exact) mass is 230 g/mol. The van der Waals surface area contributed by atoms with E-state index in [0.717, 1.165) is 6.04 Å². The molecule has 1 aliphatic heterocycles. The van der Waals surface area contributed by atoms with Crippen LogP contribution in [-0.4, -0.2) is 25.2 Å². The normalized spacial score (nSPS) is 33.6. The second-order valence-corrected chi connectivity index (χ2v) is 5.73. The number of hydrogen-bond acceptors (Lipinski definition) is 2. The molecule has 0 spiro atoms. The molecule has 2 atom stereocenters. The standard InChI is InChI=1S/C15H22N2/c1-15(12-5-3-2-4-6-12)11-14(15)17-13-7-9-16-10-8-13/h2-6,13-14,16-17H,7-11H2,1H3. The van der Waals surface area contributed by atoms with Gasteiger partial charge in [-0.1, -0.05) is 37.3 Å². The third kappa shape index (κ3) is 2.24. The van der Waals surface area contributed by atoms with E-state index in [2.05, 4.69) is 47.9 Å². The molecule has 3 rings (SSSR count). The van der Waals surface area contributed by atoms with Crippen LogP contribution in [-0.2, 0) is 5.41 Å². The lowest BCUT2D eigenvalue weighted by atomic mass is 9.97. The molecule has 92 valence electrons. The number of nitrogens with one attached hydrogen (secondary N) is 2. The minimum absolute atomic E-state index is 0.381. The van der Waals surface area contributed by atoms with Crippen LogP contribution in [0.1, 0.15) is 31.7 Å². The molecule has 0 bridgehead atoms. The molecule has 2 aliphatic rings. The largest absolute Gasteiger partial charge is 0.317 e. The molecule has 1 saturated carbocycles. The smallest absolute Gasteiger partial charge is 0.0173 e. The molecule has 2 heteroatoms. The first-order valence-corrected chi connectivity index (χ1v) is 6.81. The van der Waals surface area contributed by atoms with Crippen molar-refractivity contribution in [2.45, 2.75) is 43.7 Å². The predicted molar refractivity (Wildman–Crippen MR) is 71.2 cm³/mol. The second kappa shape index (κ2) is 4.43. The zero-order valence-corrected chi connectivity index (χ0v) is 10.6. The van der Waals surface area contributed by atoms with Gasteiger partial charge in [-0.15, -0.1) is 0 Å². The molecular formula is C15H22N2. The van der Waals surface area contributed by atoms with Crippen molar-refractivity contribution in [3.63, 3.8) is 0 Å². The molecular weight excluding hydrogens is 208 g/mol. The van der Waals surface area contributed by atoms with Gasteiger partial charge in [0.2, 0.25) is 0 Å². The Balaban J connectivity index is 1.61. The van der Waals surface area contributed by atoms with E-state index < -0.39 is 0 Å². The molecule has 0 aromatic heterocycles. The first-order chi connectivity index (χ1) is 8.29. The van der Waals surface area contributed by atoms with Crippen molar-refractivity contribution >= 4 is 0 Å². The van der Waals surface area contributed by atoms with Crippen molar-refractivity contribution in [3.05, 3.63) is 35.9 Å². The molecule has 0 amide bonds. The van der Waals surface area contributed by atoms with Gasteiger partial charge in [0, 0.05) is 17.5 Å². The van der Waals surface area contributed by atoms with E-state index in [1.165, 1.54) is 37.9 Å². The quantitative estimate of drug-likeness (QED) is 0.830. The van der Waals surface area contributed by atoms with Gasteiger partial charge >= 0.3 is 0 Å². The third-order valence-corrected chi connectivity index (χ3v) is 4.45. The maximum absolute atomic E-state index is 3.84. The summed E-state index contributed by atoms with van der Waals surface area (Å²) < 4.78 is 0. The van der Waals surface area contributed by atoms with E-state index in [1.54, 1.807) is 0 Å². The lowest BCUT2D eigenvalue weighted by Gasteiger charge is -2.25. The van der Waals surface area contributed by atoms with Gasteiger partial charge in [0.15, 0.2) is 0 Å². The first-order valence-electron chi connectivity index (χ1n) is 6.81. The van der Waals surface area contributed by atoms with Crippen molar-refractivity contribution in [2.24, 2.45) is 0 Å². The van der Waals surface area contributed by atoms with Gasteiger partial charge in [0.05, 0.1) is 0 Å². The Morgan fingerprint density at radius 1 is 1.18 bits per heavy atom. The summed E-state index contributed by atoms with van der Waals surface area (Å²) in [4.78, 5) is 0. The Morgan fingerprint density at radius 3 is 2.59 bits per heavy atom. The molecule has 1 aliphatic carbocycles. The van der Waals surface area contributed by atoms with Crippen LogP contribution < -0.4 is 10.6 Å². The molecule has 0 radical (unpaired) electrons. The van der Waals surface area contributed by atoms with Crippen molar-refractivity contribution < 1.29 is 0 Å². The zero-order valence-electron chi connectivity index (χ0n) is 10.6. The van der Waals surface area contributed by atoms with Crippen LogP contribution in [0.25, 0.3) is 0 Å². The summed E-state index contributed by atoms with van der Waals surface area (Å²) in [5, 5.41) is 7.26. The van der Waals surface area contributed by atoms with Gasteiger partial charge in [-0.2, -0.15) is 0 Å². The van der Waals surface area contributed by atoms with E-state index >= 15 is 0 Å². The highest BCUT2D eigenvalue weighted by atomic mass is 15.0. The molecule has 1 aromatic carbocycles. The van der Waals surface area contributed by atoms with Gasteiger partial charge < -0.3 is 10.6 Å². The second-order valence-electron chi connectivity index (χ2n) is 5.73. The van der Waals surface area contributed by atoms with E-state index in [1.807, 2.05) is 0 Å². The summed E-state index contributed by atoms with van der Waals surface area (Å²) in [6.07, 6.45) is 3.85. The molecule has 1 heterocycles. The summed E-state index contributed by atoms with van der Waals surface area (Å²) in [7, 11) is 0. The number of hydrogen-bond donors (Lipinski definition) is 2. The average molecular weight is 230 g/mol. The number of rotatable bonds is 3. The van der Waals surface area contributed by atoms with Crippen molar-refractivity contribution in [1.82, 2.24) is 10.6 Å². The molecule has 2 N–H and O–H groups in total. The molecule has 2 unspecified atom stereocenters. The van der Waals surface area contributed by atoms with Gasteiger partial charge in [0.25, 0.3) is 0 Å². The minimum Gasteiger partial charge on any atom is -0.317 e. The highest BCUT2D eigenvalue weighted by Gasteiger charge is 2.51. The van der Waals surface area contributed by atoms with Crippen molar-refractivity contribution in [1.29, 1.82) is 0 Å². The SMILES string of the molecule is CC1(c2ccccc2)CC1NC1CCNCC1. The van der Waals surface area contributed by atoms with E-state index in [-0.39, 0.29) is 0 Å². The maximum atomic E-state index is 3.84. The van der Waals surface area contributed by atoms with Crippen LogP contribution in [0.15, 0.2) is 30.3 Å². The summed E-state index contributed by atoms with van der Waals surface area (Å²) in [6.45, 7) is 4.74. The highest BCUT2D eigenvalue weighted by molar-refractivity contribution is 5.34. The predicted octanol–water partition coefficient (Wildman–Crippen LogP) is 2.06. The summed E-state index contributed by atoms with van der Waals surface area (Å²) in [6, 6.07) is 12.4. The Labute approximate surface area is 104 Å². The molecule has 2 fully saturated rings. The lowest BCUT2D eigenvalue weighted by molar-refractivity contribution is 0.376. The van der Waals surface area contributed by atoms with Crippen LogP contribution in [0.3, 0.4) is 0 Å². The summed E-state index contributed by atoms with van der Waals surface area (Å²) >= 11 is 0. The maximum Gasteiger partial charge on any atom is 0.0173 e. The van der Waals surface area contributed by atoms with Gasteiger partial charge in [-0.05, 0) is 37.9 Å². The topological polar surface area (TPSA) is 24.1 Å². The summed E-state index contributed by atoms with van der Waals surface area (Å²) in [5.41, 5.74) is 1.87. The number of piperidine rings is 1. The Hall–Kier alpha value is -0.860. The molecule has 2 nitrogen and oxygen atoms in total. The van der Waals surface area contributed by atoms with Crippen LogP contribution in [0, 0.1) is 0 Å². The fraction of sp³-hybridized carbons (Fsp3) is 0.600. The van der Waals surface area contributed by atoms with Crippen molar-refractivity contribution in [3.8, 4) is 0 Å². The van der Waals surface area contributed by atoms with E-state index in [4.69, 9.17) is 0 Å². The average Bonchev–Trinajstić information content (AvgIpc) is 3.04. The van der Waals surface area contributed by atoms with Gasteiger partial charge in [0.1, 0.15) is 0 Å². The van der Waals surface area contributed by atoms with Crippen molar-refractivity contribution in [2.75, 3.05) is 13.1 Å².